The Balaban J connectivity index is 2.27. The number of carboxylic acid groups (broad SMARTS) is 1. The predicted octanol–water partition coefficient (Wildman–Crippen LogP) is 3.25. The molecule has 0 aliphatic rings. The molecule has 0 aliphatic carbocycles. The normalized spacial score (nSPS) is 10.4. The Morgan fingerprint density at radius 3 is 2.67 bits per heavy atom. The van der Waals surface area contributed by atoms with Gasteiger partial charge in [0.05, 0.1) is 23.5 Å². The lowest BCUT2D eigenvalue weighted by Gasteiger charge is -2.23. The minimum Gasteiger partial charge on any atom is -0.478 e. The zero-order chi connectivity index (χ0) is 15.4. The van der Waals surface area contributed by atoms with Gasteiger partial charge < -0.3 is 10.0 Å². The lowest BCUT2D eigenvalue weighted by atomic mass is 10.1. The quantitative estimate of drug-likeness (QED) is 0.917. The first-order valence-corrected chi connectivity index (χ1v) is 6.71. The molecule has 1 N–H and O–H groups in total. The van der Waals surface area contributed by atoms with E-state index in [1.807, 2.05) is 36.9 Å². The van der Waals surface area contributed by atoms with Crippen molar-refractivity contribution in [3.63, 3.8) is 0 Å². The molecule has 0 amide bonds. The van der Waals surface area contributed by atoms with E-state index in [9.17, 15) is 9.18 Å². The number of aromatic nitrogens is 1. The lowest BCUT2D eigenvalue weighted by molar-refractivity contribution is 0.0696. The van der Waals surface area contributed by atoms with Gasteiger partial charge in [-0.1, -0.05) is 6.07 Å². The summed E-state index contributed by atoms with van der Waals surface area (Å²) >= 11 is 0. The fourth-order valence-corrected chi connectivity index (χ4v) is 2.15. The molecular formula is C16H17FN2O2. The summed E-state index contributed by atoms with van der Waals surface area (Å²) in [5.41, 5.74) is 2.08. The zero-order valence-electron chi connectivity index (χ0n) is 12.0. The molecule has 0 unspecified atom stereocenters. The highest BCUT2D eigenvalue weighted by molar-refractivity contribution is 5.88. The second-order valence-corrected chi connectivity index (χ2v) is 4.76. The standard InChI is InChI=1S/C16H17FN2O2/c1-3-19(10-13-6-4-5-11(2)18-13)15-8-7-12(16(20)21)9-14(15)17/h4-9H,3,10H2,1-2H3,(H,20,21). The Labute approximate surface area is 122 Å². The van der Waals surface area contributed by atoms with Crippen LogP contribution in [0.2, 0.25) is 0 Å². The first-order valence-electron chi connectivity index (χ1n) is 6.71. The van der Waals surface area contributed by atoms with Gasteiger partial charge in [0, 0.05) is 12.2 Å². The molecule has 0 aliphatic heterocycles. The summed E-state index contributed by atoms with van der Waals surface area (Å²) in [7, 11) is 0. The van der Waals surface area contributed by atoms with Crippen LogP contribution in [0.3, 0.4) is 0 Å². The van der Waals surface area contributed by atoms with Gasteiger partial charge in [0.1, 0.15) is 5.82 Å². The maximum Gasteiger partial charge on any atom is 0.335 e. The minimum absolute atomic E-state index is 0.0546. The van der Waals surface area contributed by atoms with Crippen molar-refractivity contribution in [1.82, 2.24) is 4.98 Å². The number of rotatable bonds is 5. The molecular weight excluding hydrogens is 271 g/mol. The molecule has 0 atom stereocenters. The van der Waals surface area contributed by atoms with E-state index in [-0.39, 0.29) is 5.56 Å². The van der Waals surface area contributed by atoms with Gasteiger partial charge in [-0.05, 0) is 44.2 Å². The Morgan fingerprint density at radius 1 is 1.33 bits per heavy atom. The van der Waals surface area contributed by atoms with Crippen molar-refractivity contribution in [2.75, 3.05) is 11.4 Å². The van der Waals surface area contributed by atoms with E-state index in [4.69, 9.17) is 5.11 Å². The molecule has 5 heteroatoms. The molecule has 4 nitrogen and oxygen atoms in total. The van der Waals surface area contributed by atoms with Crippen LogP contribution < -0.4 is 4.90 Å². The van der Waals surface area contributed by atoms with Crippen molar-refractivity contribution in [3.8, 4) is 0 Å². The third kappa shape index (κ3) is 3.56. The van der Waals surface area contributed by atoms with Crippen LogP contribution in [-0.2, 0) is 6.54 Å². The minimum atomic E-state index is -1.14. The number of anilines is 1. The van der Waals surface area contributed by atoms with Gasteiger partial charge in [-0.2, -0.15) is 0 Å². The van der Waals surface area contributed by atoms with E-state index in [1.165, 1.54) is 12.1 Å². The molecule has 0 fully saturated rings. The molecule has 2 rings (SSSR count). The van der Waals surface area contributed by atoms with E-state index >= 15 is 0 Å². The van der Waals surface area contributed by atoms with Crippen molar-refractivity contribution in [2.24, 2.45) is 0 Å². The molecule has 0 spiro atoms. The van der Waals surface area contributed by atoms with Crippen molar-refractivity contribution in [1.29, 1.82) is 0 Å². The van der Waals surface area contributed by atoms with Gasteiger partial charge in [0.25, 0.3) is 0 Å². The molecule has 0 saturated carbocycles. The molecule has 110 valence electrons. The maximum atomic E-state index is 14.1. The second kappa shape index (κ2) is 6.35. The molecule has 0 saturated heterocycles. The molecule has 0 radical (unpaired) electrons. The number of halogens is 1. The number of benzene rings is 1. The van der Waals surface area contributed by atoms with Crippen molar-refractivity contribution >= 4 is 11.7 Å². The summed E-state index contributed by atoms with van der Waals surface area (Å²) in [5.74, 6) is -1.67. The van der Waals surface area contributed by atoms with Gasteiger partial charge in [-0.25, -0.2) is 9.18 Å². The van der Waals surface area contributed by atoms with E-state index in [1.54, 1.807) is 0 Å². The average Bonchev–Trinajstić information content (AvgIpc) is 2.45. The Hall–Kier alpha value is -2.43. The fraction of sp³-hybridized carbons (Fsp3) is 0.250. The Kier molecular flexibility index (Phi) is 4.52. The summed E-state index contributed by atoms with van der Waals surface area (Å²) < 4.78 is 14.1. The third-order valence-electron chi connectivity index (χ3n) is 3.22. The third-order valence-corrected chi connectivity index (χ3v) is 3.22. The number of carbonyl (C=O) groups is 1. The molecule has 1 aromatic heterocycles. The van der Waals surface area contributed by atoms with Gasteiger partial charge >= 0.3 is 5.97 Å². The Bertz CT molecular complexity index is 658. The van der Waals surface area contributed by atoms with Crippen LogP contribution in [0.5, 0.6) is 0 Å². The van der Waals surface area contributed by atoms with E-state index in [0.717, 1.165) is 17.5 Å². The lowest BCUT2D eigenvalue weighted by Crippen LogP contribution is -2.24. The van der Waals surface area contributed by atoms with E-state index < -0.39 is 11.8 Å². The molecule has 0 bridgehead atoms. The van der Waals surface area contributed by atoms with Crippen LogP contribution in [0.4, 0.5) is 10.1 Å². The van der Waals surface area contributed by atoms with Gasteiger partial charge in [-0.3, -0.25) is 4.98 Å². The summed E-state index contributed by atoms with van der Waals surface area (Å²) in [6, 6.07) is 9.66. The number of nitrogens with zero attached hydrogens (tertiary/aromatic N) is 2. The topological polar surface area (TPSA) is 53.4 Å². The smallest absolute Gasteiger partial charge is 0.335 e. The van der Waals surface area contributed by atoms with Crippen molar-refractivity contribution in [3.05, 3.63) is 59.2 Å². The molecule has 1 aromatic carbocycles. The highest BCUT2D eigenvalue weighted by Crippen LogP contribution is 2.22. The Morgan fingerprint density at radius 2 is 2.10 bits per heavy atom. The van der Waals surface area contributed by atoms with Crippen molar-refractivity contribution in [2.45, 2.75) is 20.4 Å². The largest absolute Gasteiger partial charge is 0.478 e. The van der Waals surface area contributed by atoms with Gasteiger partial charge in [0.15, 0.2) is 0 Å². The average molecular weight is 288 g/mol. The van der Waals surface area contributed by atoms with Gasteiger partial charge in [0.2, 0.25) is 0 Å². The maximum absolute atomic E-state index is 14.1. The summed E-state index contributed by atoms with van der Waals surface area (Å²) in [6.45, 7) is 4.89. The van der Waals surface area contributed by atoms with Crippen LogP contribution in [0, 0.1) is 12.7 Å². The molecule has 21 heavy (non-hydrogen) atoms. The number of hydrogen-bond donors (Lipinski definition) is 1. The highest BCUT2D eigenvalue weighted by atomic mass is 19.1. The van der Waals surface area contributed by atoms with E-state index in [0.29, 0.717) is 18.8 Å². The van der Waals surface area contributed by atoms with Crippen LogP contribution >= 0.6 is 0 Å². The summed E-state index contributed by atoms with van der Waals surface area (Å²) in [6.07, 6.45) is 0. The second-order valence-electron chi connectivity index (χ2n) is 4.76. The predicted molar refractivity (Wildman–Crippen MR) is 79.1 cm³/mol. The number of hydrogen-bond acceptors (Lipinski definition) is 3. The number of aryl methyl sites for hydroxylation is 1. The number of pyridine rings is 1. The van der Waals surface area contributed by atoms with Crippen LogP contribution in [0.25, 0.3) is 0 Å². The van der Waals surface area contributed by atoms with Gasteiger partial charge in [-0.15, -0.1) is 0 Å². The number of aromatic carboxylic acids is 1. The molecule has 2 aromatic rings. The summed E-state index contributed by atoms with van der Waals surface area (Å²) in [5, 5.41) is 8.87. The monoisotopic (exact) mass is 288 g/mol. The van der Waals surface area contributed by atoms with Crippen LogP contribution in [0.15, 0.2) is 36.4 Å². The number of carboxylic acids is 1. The zero-order valence-corrected chi connectivity index (χ0v) is 12.0. The van der Waals surface area contributed by atoms with Crippen LogP contribution in [-0.4, -0.2) is 22.6 Å². The SMILES string of the molecule is CCN(Cc1cccc(C)n1)c1ccc(C(=O)O)cc1F. The molecule has 1 heterocycles. The van der Waals surface area contributed by atoms with Crippen molar-refractivity contribution < 1.29 is 14.3 Å². The van der Waals surface area contributed by atoms with Crippen LogP contribution in [0.1, 0.15) is 28.7 Å². The highest BCUT2D eigenvalue weighted by Gasteiger charge is 2.14. The first-order chi connectivity index (χ1) is 10.0. The summed E-state index contributed by atoms with van der Waals surface area (Å²) in [4.78, 5) is 17.1. The fourth-order valence-electron chi connectivity index (χ4n) is 2.15. The first kappa shape index (κ1) is 15.0. The van der Waals surface area contributed by atoms with E-state index in [2.05, 4.69) is 4.98 Å².